The third-order valence-electron chi connectivity index (χ3n) is 7.36. The van der Waals surface area contributed by atoms with Crippen molar-refractivity contribution in [2.24, 2.45) is 7.05 Å². The zero-order chi connectivity index (χ0) is 33.3. The third-order valence-corrected chi connectivity index (χ3v) is 8.00. The van der Waals surface area contributed by atoms with E-state index in [0.717, 1.165) is 22.4 Å². The predicted octanol–water partition coefficient (Wildman–Crippen LogP) is 7.04. The summed E-state index contributed by atoms with van der Waals surface area (Å²) in [7, 11) is 1.89. The monoisotopic (exact) mass is 649 g/mol. The van der Waals surface area contributed by atoms with E-state index < -0.39 is 29.6 Å². The third kappa shape index (κ3) is 10.2. The maximum absolute atomic E-state index is 13.9. The van der Waals surface area contributed by atoms with Gasteiger partial charge in [-0.15, -0.1) is 0 Å². The summed E-state index contributed by atoms with van der Waals surface area (Å²) in [6, 6.07) is 16.9. The number of thioether (sulfide) groups is 1. The molecule has 0 spiro atoms. The van der Waals surface area contributed by atoms with Gasteiger partial charge in [-0.3, -0.25) is 4.79 Å². The molecule has 0 fully saturated rings. The first-order chi connectivity index (χ1) is 21.9. The van der Waals surface area contributed by atoms with Crippen LogP contribution < -0.4 is 10.1 Å². The quantitative estimate of drug-likeness (QED) is 0.148. The molecule has 1 N–H and O–H groups in total. The molecular formula is C36H41F2N3O4S. The zero-order valence-electron chi connectivity index (χ0n) is 26.9. The highest BCUT2D eigenvalue weighted by Gasteiger charge is 2.28. The number of hydrogen-bond acceptors (Lipinski definition) is 6. The van der Waals surface area contributed by atoms with Crippen LogP contribution in [0.4, 0.5) is 8.78 Å². The van der Waals surface area contributed by atoms with Crippen molar-refractivity contribution in [3.05, 3.63) is 119 Å². The van der Waals surface area contributed by atoms with Crippen molar-refractivity contribution in [2.75, 3.05) is 12.0 Å². The van der Waals surface area contributed by atoms with E-state index in [1.54, 1.807) is 81.5 Å². The molecule has 1 amide bonds. The van der Waals surface area contributed by atoms with E-state index in [4.69, 9.17) is 9.47 Å². The van der Waals surface area contributed by atoms with Gasteiger partial charge in [-0.1, -0.05) is 30.3 Å². The van der Waals surface area contributed by atoms with Crippen molar-refractivity contribution in [3.8, 4) is 5.75 Å². The number of aryl methyl sites for hydroxylation is 3. The molecule has 0 saturated carbocycles. The molecule has 10 heteroatoms. The molecular weight excluding hydrogens is 608 g/mol. The minimum atomic E-state index is -0.842. The smallest absolute Gasteiger partial charge is 0.329 e. The predicted molar refractivity (Wildman–Crippen MR) is 177 cm³/mol. The number of hydrogen-bond donors (Lipinski definition) is 1. The molecule has 4 aromatic rings. The van der Waals surface area contributed by atoms with E-state index in [2.05, 4.69) is 10.3 Å². The Balaban J connectivity index is 1.66. The standard InChI is InChI=1S/C36H41F2N3O4S/c1-36(2,3)45-35(43)32(18-19-46-5)40-34(42)31-21-30(17-12-25(31)9-6-24-7-13-27(37)14-8-24)44-33(20-29-22-39-23-41(29)4)26-10-15-28(38)16-11-26/h7-8,10-17,21-23,32-33H,6,9,18-20H2,1-5H3,(H,40,42)/t32-,33?/m0/s1. The lowest BCUT2D eigenvalue weighted by Gasteiger charge is -2.25. The highest BCUT2D eigenvalue weighted by Crippen LogP contribution is 2.28. The fourth-order valence-corrected chi connectivity index (χ4v) is 5.39. The maximum Gasteiger partial charge on any atom is 0.329 e. The molecule has 0 saturated heterocycles. The molecule has 0 radical (unpaired) electrons. The average Bonchev–Trinajstić information content (AvgIpc) is 3.42. The molecule has 2 atom stereocenters. The van der Waals surface area contributed by atoms with Crippen LogP contribution in [0.1, 0.15) is 66.0 Å². The number of carbonyl (C=O) groups is 2. The van der Waals surface area contributed by atoms with Crippen LogP contribution in [0.3, 0.4) is 0 Å². The molecule has 4 rings (SSSR count). The fourth-order valence-electron chi connectivity index (χ4n) is 4.92. The number of nitrogens with one attached hydrogen (secondary N) is 1. The minimum absolute atomic E-state index is 0.314. The van der Waals surface area contributed by atoms with Crippen LogP contribution in [0.2, 0.25) is 0 Å². The summed E-state index contributed by atoms with van der Waals surface area (Å²) in [6.07, 6.45) is 6.80. The molecule has 0 bridgehead atoms. The second-order valence-corrected chi connectivity index (χ2v) is 13.1. The Labute approximate surface area is 273 Å². The Hall–Kier alpha value is -4.18. The summed E-state index contributed by atoms with van der Waals surface area (Å²) in [5.41, 5.74) is 2.99. The number of benzene rings is 3. The molecule has 46 heavy (non-hydrogen) atoms. The van der Waals surface area contributed by atoms with Gasteiger partial charge in [0.15, 0.2) is 0 Å². The Morgan fingerprint density at radius 3 is 2.26 bits per heavy atom. The summed E-state index contributed by atoms with van der Waals surface area (Å²) >= 11 is 1.57. The number of amides is 1. The first-order valence-electron chi connectivity index (χ1n) is 15.2. The van der Waals surface area contributed by atoms with E-state index in [1.165, 1.54) is 24.3 Å². The lowest BCUT2D eigenvalue weighted by Crippen LogP contribution is -2.44. The highest BCUT2D eigenvalue weighted by atomic mass is 32.2. The van der Waals surface area contributed by atoms with Crippen LogP contribution in [-0.4, -0.2) is 45.1 Å². The normalized spacial score (nSPS) is 12.8. The van der Waals surface area contributed by atoms with E-state index >= 15 is 0 Å². The van der Waals surface area contributed by atoms with Crippen LogP contribution in [-0.2, 0) is 35.8 Å². The number of imidazole rings is 1. The largest absolute Gasteiger partial charge is 0.485 e. The summed E-state index contributed by atoms with van der Waals surface area (Å²) in [4.78, 5) is 31.2. The van der Waals surface area contributed by atoms with Crippen molar-refractivity contribution in [1.29, 1.82) is 0 Å². The maximum atomic E-state index is 13.9. The lowest BCUT2D eigenvalue weighted by molar-refractivity contribution is -0.157. The van der Waals surface area contributed by atoms with Gasteiger partial charge in [0.05, 0.1) is 6.33 Å². The Morgan fingerprint density at radius 1 is 0.978 bits per heavy atom. The number of esters is 1. The van der Waals surface area contributed by atoms with Gasteiger partial charge in [-0.2, -0.15) is 11.8 Å². The summed E-state index contributed by atoms with van der Waals surface area (Å²) in [5, 5.41) is 2.91. The van der Waals surface area contributed by atoms with Crippen molar-refractivity contribution < 1.29 is 27.8 Å². The molecule has 1 unspecified atom stereocenters. The lowest BCUT2D eigenvalue weighted by atomic mass is 9.98. The average molecular weight is 650 g/mol. The zero-order valence-corrected chi connectivity index (χ0v) is 27.7. The fraction of sp³-hybridized carbons (Fsp3) is 0.361. The van der Waals surface area contributed by atoms with Crippen LogP contribution in [0.5, 0.6) is 5.75 Å². The molecule has 244 valence electrons. The summed E-state index contributed by atoms with van der Waals surface area (Å²) in [5.74, 6) is -0.508. The number of ether oxygens (including phenoxy) is 2. The van der Waals surface area contributed by atoms with E-state index in [0.29, 0.717) is 42.7 Å². The molecule has 0 aliphatic rings. The number of carbonyl (C=O) groups excluding carboxylic acids is 2. The molecule has 0 aliphatic carbocycles. The van der Waals surface area contributed by atoms with Gasteiger partial charge in [-0.25, -0.2) is 18.6 Å². The number of nitrogens with zero attached hydrogens (tertiary/aromatic N) is 2. The molecule has 7 nitrogen and oxygen atoms in total. The van der Waals surface area contributed by atoms with Crippen molar-refractivity contribution >= 4 is 23.6 Å². The van der Waals surface area contributed by atoms with Crippen LogP contribution in [0.15, 0.2) is 79.3 Å². The SMILES string of the molecule is CSCC[C@H](NC(=O)c1cc(OC(Cc2cncn2C)c2ccc(F)cc2)ccc1CCc1ccc(F)cc1)C(=O)OC(C)(C)C. The number of halogens is 2. The van der Waals surface area contributed by atoms with Crippen molar-refractivity contribution in [1.82, 2.24) is 14.9 Å². The van der Waals surface area contributed by atoms with Gasteiger partial charge in [0.1, 0.15) is 35.1 Å². The Kier molecular flexibility index (Phi) is 12.0. The van der Waals surface area contributed by atoms with Crippen LogP contribution in [0, 0.1) is 11.6 Å². The number of rotatable bonds is 14. The van der Waals surface area contributed by atoms with Crippen molar-refractivity contribution in [3.63, 3.8) is 0 Å². The van der Waals surface area contributed by atoms with E-state index in [1.807, 2.05) is 23.9 Å². The van der Waals surface area contributed by atoms with Gasteiger partial charge in [0.2, 0.25) is 0 Å². The molecule has 1 aromatic heterocycles. The summed E-state index contributed by atoms with van der Waals surface area (Å²) in [6.45, 7) is 5.36. The Bertz CT molecular complexity index is 1600. The van der Waals surface area contributed by atoms with E-state index in [9.17, 15) is 18.4 Å². The minimum Gasteiger partial charge on any atom is -0.485 e. The van der Waals surface area contributed by atoms with Crippen LogP contribution >= 0.6 is 11.8 Å². The second kappa shape index (κ2) is 15.9. The molecule has 0 aliphatic heterocycles. The molecule has 1 heterocycles. The van der Waals surface area contributed by atoms with Gasteiger partial charge in [0, 0.05) is 30.9 Å². The Morgan fingerprint density at radius 2 is 1.65 bits per heavy atom. The van der Waals surface area contributed by atoms with Crippen LogP contribution in [0.25, 0.3) is 0 Å². The second-order valence-electron chi connectivity index (χ2n) is 12.1. The first-order valence-corrected chi connectivity index (χ1v) is 16.6. The van der Waals surface area contributed by atoms with Gasteiger partial charge >= 0.3 is 5.97 Å². The number of aromatic nitrogens is 2. The van der Waals surface area contributed by atoms with E-state index in [-0.39, 0.29) is 11.6 Å². The van der Waals surface area contributed by atoms with Gasteiger partial charge < -0.3 is 19.4 Å². The van der Waals surface area contributed by atoms with Crippen molar-refractivity contribution in [2.45, 2.75) is 64.2 Å². The molecule has 3 aromatic carbocycles. The summed E-state index contributed by atoms with van der Waals surface area (Å²) < 4.78 is 41.3. The van der Waals surface area contributed by atoms with Gasteiger partial charge in [0.25, 0.3) is 5.91 Å². The topological polar surface area (TPSA) is 82.5 Å². The van der Waals surface area contributed by atoms with Gasteiger partial charge in [-0.05, 0) is 105 Å². The highest BCUT2D eigenvalue weighted by molar-refractivity contribution is 7.98. The first kappa shape index (κ1) is 34.7.